The molecule has 0 fully saturated rings. The van der Waals surface area contributed by atoms with Gasteiger partial charge in [-0.1, -0.05) is 53.7 Å². The Kier molecular flexibility index (Phi) is 6.93. The smallest absolute Gasteiger partial charge is 0.237 e. The fourth-order valence-corrected chi connectivity index (χ4v) is 4.81. The van der Waals surface area contributed by atoms with E-state index in [0.29, 0.717) is 24.1 Å². The number of amides is 2. The van der Waals surface area contributed by atoms with Gasteiger partial charge in [-0.15, -0.1) is 16.8 Å². The number of rotatable bonds is 8. The summed E-state index contributed by atoms with van der Waals surface area (Å²) in [5, 5.41) is 12.0. The molecule has 0 saturated carbocycles. The number of para-hydroxylation sites is 1. The van der Waals surface area contributed by atoms with E-state index >= 15 is 0 Å². The molecule has 2 aromatic carbocycles. The molecule has 1 N–H and O–H groups in total. The zero-order valence-electron chi connectivity index (χ0n) is 18.9. The third-order valence-corrected chi connectivity index (χ3v) is 6.54. The summed E-state index contributed by atoms with van der Waals surface area (Å²) in [6, 6.07) is 13.9. The van der Waals surface area contributed by atoms with Gasteiger partial charge in [0.05, 0.1) is 12.2 Å². The number of fused-ring (bicyclic) bond motifs is 1. The van der Waals surface area contributed by atoms with Gasteiger partial charge in [0.1, 0.15) is 5.82 Å². The summed E-state index contributed by atoms with van der Waals surface area (Å²) < 4.78 is 1.84. The van der Waals surface area contributed by atoms with E-state index in [2.05, 4.69) is 28.2 Å². The molecule has 0 atom stereocenters. The second-order valence-electron chi connectivity index (χ2n) is 8.05. The molecule has 1 aromatic heterocycles. The summed E-state index contributed by atoms with van der Waals surface area (Å²) in [6.45, 7) is 8.95. The van der Waals surface area contributed by atoms with Crippen molar-refractivity contribution in [3.8, 4) is 0 Å². The Morgan fingerprint density at radius 1 is 1.18 bits per heavy atom. The van der Waals surface area contributed by atoms with Gasteiger partial charge >= 0.3 is 0 Å². The monoisotopic (exact) mass is 461 g/mol. The minimum absolute atomic E-state index is 0.0345. The second kappa shape index (κ2) is 10.0. The number of hydrogen-bond acceptors (Lipinski definition) is 5. The molecule has 2 heterocycles. The highest BCUT2D eigenvalue weighted by Crippen LogP contribution is 2.29. The Bertz CT molecular complexity index is 1200. The van der Waals surface area contributed by atoms with Gasteiger partial charge in [-0.3, -0.25) is 9.59 Å². The Labute approximate surface area is 197 Å². The molecule has 3 aromatic rings. The Morgan fingerprint density at radius 3 is 2.79 bits per heavy atom. The molecule has 0 radical (unpaired) electrons. The van der Waals surface area contributed by atoms with Crippen molar-refractivity contribution in [3.05, 3.63) is 77.6 Å². The minimum Gasteiger partial charge on any atom is -0.325 e. The van der Waals surface area contributed by atoms with Crippen LogP contribution >= 0.6 is 11.8 Å². The van der Waals surface area contributed by atoms with Crippen molar-refractivity contribution in [1.29, 1.82) is 0 Å². The van der Waals surface area contributed by atoms with Crippen LogP contribution in [0, 0.1) is 13.8 Å². The number of benzene rings is 2. The lowest BCUT2D eigenvalue weighted by Crippen LogP contribution is -2.30. The number of carbonyl (C=O) groups excluding carboxylic acids is 2. The van der Waals surface area contributed by atoms with Crippen molar-refractivity contribution in [1.82, 2.24) is 14.8 Å². The number of thioether (sulfide) groups is 1. The van der Waals surface area contributed by atoms with E-state index in [4.69, 9.17) is 0 Å². The molecular formula is C25H27N5O2S. The van der Waals surface area contributed by atoms with Gasteiger partial charge in [-0.05, 0) is 43.5 Å². The molecule has 0 aliphatic carbocycles. The summed E-state index contributed by atoms with van der Waals surface area (Å²) in [6.07, 6.45) is 2.69. The molecule has 0 bridgehead atoms. The van der Waals surface area contributed by atoms with Crippen LogP contribution in [0.2, 0.25) is 0 Å². The molecule has 7 nitrogen and oxygen atoms in total. The van der Waals surface area contributed by atoms with E-state index in [-0.39, 0.29) is 24.0 Å². The van der Waals surface area contributed by atoms with Gasteiger partial charge in [-0.2, -0.15) is 0 Å². The van der Waals surface area contributed by atoms with Crippen LogP contribution in [0.5, 0.6) is 0 Å². The number of nitrogens with zero attached hydrogens (tertiary/aromatic N) is 4. The van der Waals surface area contributed by atoms with Gasteiger partial charge in [-0.25, -0.2) is 0 Å². The molecule has 4 rings (SSSR count). The van der Waals surface area contributed by atoms with Crippen LogP contribution in [0.15, 0.2) is 60.3 Å². The fraction of sp³-hybridized carbons (Fsp3) is 0.280. The summed E-state index contributed by atoms with van der Waals surface area (Å²) >= 11 is 1.33. The fourth-order valence-electron chi connectivity index (χ4n) is 3.96. The third-order valence-electron chi connectivity index (χ3n) is 5.59. The van der Waals surface area contributed by atoms with Crippen molar-refractivity contribution in [2.45, 2.75) is 38.4 Å². The van der Waals surface area contributed by atoms with Gasteiger partial charge in [0, 0.05) is 24.5 Å². The molecule has 1 aliphatic rings. The average Bonchev–Trinajstić information content (AvgIpc) is 3.39. The molecule has 33 heavy (non-hydrogen) atoms. The van der Waals surface area contributed by atoms with Crippen LogP contribution in [0.25, 0.3) is 0 Å². The zero-order valence-corrected chi connectivity index (χ0v) is 19.7. The van der Waals surface area contributed by atoms with Crippen LogP contribution in [0.1, 0.15) is 22.5 Å². The van der Waals surface area contributed by atoms with E-state index in [1.165, 1.54) is 17.3 Å². The Morgan fingerprint density at radius 2 is 2.00 bits per heavy atom. The zero-order chi connectivity index (χ0) is 23.4. The highest BCUT2D eigenvalue weighted by atomic mass is 32.2. The van der Waals surface area contributed by atoms with Crippen LogP contribution in [0.4, 0.5) is 11.4 Å². The number of hydrogen-bond donors (Lipinski definition) is 1. The number of allylic oxidation sites excluding steroid dienone is 1. The lowest BCUT2D eigenvalue weighted by molar-refractivity contribution is -0.116. The molecule has 0 unspecified atom stereocenters. The molecule has 8 heteroatoms. The van der Waals surface area contributed by atoms with E-state index < -0.39 is 0 Å². The predicted octanol–water partition coefficient (Wildman–Crippen LogP) is 3.94. The third kappa shape index (κ3) is 5.17. The summed E-state index contributed by atoms with van der Waals surface area (Å²) in [5.74, 6) is 0.657. The first-order chi connectivity index (χ1) is 16.0. The lowest BCUT2D eigenvalue weighted by atomic mass is 10.1. The lowest BCUT2D eigenvalue weighted by Gasteiger charge is -2.17. The van der Waals surface area contributed by atoms with Gasteiger partial charge < -0.3 is 14.8 Å². The van der Waals surface area contributed by atoms with Gasteiger partial charge in [0.2, 0.25) is 11.8 Å². The number of carbonyl (C=O) groups is 2. The van der Waals surface area contributed by atoms with Crippen molar-refractivity contribution >= 4 is 35.0 Å². The number of aromatic nitrogens is 3. The summed E-state index contributed by atoms with van der Waals surface area (Å²) in [5.41, 5.74) is 5.12. The highest BCUT2D eigenvalue weighted by molar-refractivity contribution is 7.99. The molecule has 1 aliphatic heterocycles. The average molecular weight is 462 g/mol. The molecule has 0 spiro atoms. The maximum atomic E-state index is 12.9. The highest BCUT2D eigenvalue weighted by Gasteiger charge is 2.25. The second-order valence-corrected chi connectivity index (χ2v) is 9.00. The maximum absolute atomic E-state index is 12.9. The summed E-state index contributed by atoms with van der Waals surface area (Å²) in [4.78, 5) is 27.3. The minimum atomic E-state index is -0.166. The quantitative estimate of drug-likeness (QED) is 0.406. The number of aryl methyl sites for hydroxylation is 2. The first kappa shape index (κ1) is 22.8. The molecular weight excluding hydrogens is 434 g/mol. The van der Waals surface area contributed by atoms with Crippen molar-refractivity contribution in [3.63, 3.8) is 0 Å². The van der Waals surface area contributed by atoms with E-state index in [9.17, 15) is 9.59 Å². The molecule has 2 amide bonds. The van der Waals surface area contributed by atoms with Crippen LogP contribution in [-0.4, -0.2) is 38.9 Å². The topological polar surface area (TPSA) is 80.1 Å². The van der Waals surface area contributed by atoms with E-state index in [1.807, 2.05) is 59.7 Å². The first-order valence-electron chi connectivity index (χ1n) is 10.9. The number of anilines is 2. The maximum Gasteiger partial charge on any atom is 0.237 e. The Balaban J connectivity index is 1.41. The largest absolute Gasteiger partial charge is 0.325 e. The first-order valence-corrected chi connectivity index (χ1v) is 11.9. The van der Waals surface area contributed by atoms with Gasteiger partial charge in [0.25, 0.3) is 0 Å². The van der Waals surface area contributed by atoms with Crippen molar-refractivity contribution in [2.75, 3.05) is 22.5 Å². The van der Waals surface area contributed by atoms with Crippen molar-refractivity contribution < 1.29 is 9.59 Å². The van der Waals surface area contributed by atoms with E-state index in [0.717, 1.165) is 28.9 Å². The summed E-state index contributed by atoms with van der Waals surface area (Å²) in [7, 11) is 0. The Hall–Kier alpha value is -3.39. The van der Waals surface area contributed by atoms with Crippen LogP contribution in [-0.2, 0) is 29.0 Å². The van der Waals surface area contributed by atoms with Crippen molar-refractivity contribution in [2.24, 2.45) is 0 Å². The molecule has 0 saturated heterocycles. The van der Waals surface area contributed by atoms with Crippen LogP contribution < -0.4 is 10.2 Å². The SMILES string of the molecule is C=CCn1c(CC(=O)Nc2ccc(C)cc2C)nnc1SCC(=O)N1CCc2ccccc21. The van der Waals surface area contributed by atoms with E-state index in [1.54, 1.807) is 6.08 Å². The number of nitrogens with one attached hydrogen (secondary N) is 1. The van der Waals surface area contributed by atoms with Crippen LogP contribution in [0.3, 0.4) is 0 Å². The normalized spacial score (nSPS) is 12.5. The standard InChI is InChI=1S/C25H27N5O2S/c1-4-12-30-22(15-23(31)26-20-10-9-17(2)14-18(20)3)27-28-25(30)33-16-24(32)29-13-11-19-7-5-6-8-21(19)29/h4-10,14H,1,11-13,15-16H2,2-3H3,(H,26,31). The van der Waals surface area contributed by atoms with Gasteiger partial charge in [0.15, 0.2) is 5.16 Å². The molecule has 170 valence electrons. The predicted molar refractivity (Wildman–Crippen MR) is 132 cm³/mol.